The number of likely N-dealkylation sites (tertiary alicyclic amines) is 1. The molecule has 2 aliphatic rings. The third-order valence-electron chi connectivity index (χ3n) is 2.87. The van der Waals surface area contributed by atoms with E-state index >= 15 is 0 Å². The first kappa shape index (κ1) is 9.00. The molecule has 1 saturated carbocycles. The van der Waals surface area contributed by atoms with E-state index in [0.717, 1.165) is 19.4 Å². The first-order valence-corrected chi connectivity index (χ1v) is 5.25. The monoisotopic (exact) mass is 183 g/mol. The second-order valence-corrected chi connectivity index (χ2v) is 3.88. The van der Waals surface area contributed by atoms with Gasteiger partial charge in [-0.1, -0.05) is 0 Å². The van der Waals surface area contributed by atoms with Crippen LogP contribution in [-0.2, 0) is 9.53 Å². The van der Waals surface area contributed by atoms with Crippen molar-refractivity contribution in [1.29, 1.82) is 0 Å². The highest BCUT2D eigenvalue weighted by atomic mass is 16.5. The average Bonchev–Trinajstić information content (AvgIpc) is 2.84. The van der Waals surface area contributed by atoms with E-state index < -0.39 is 0 Å². The number of carbonyl (C=O) groups is 1. The summed E-state index contributed by atoms with van der Waals surface area (Å²) in [5.74, 6) is -0.00750. The van der Waals surface area contributed by atoms with Gasteiger partial charge in [0.05, 0.1) is 6.61 Å². The molecular weight excluding hydrogens is 166 g/mol. The molecule has 0 spiro atoms. The largest absolute Gasteiger partial charge is 0.465 e. The lowest BCUT2D eigenvalue weighted by Crippen LogP contribution is -2.38. The number of esters is 1. The van der Waals surface area contributed by atoms with E-state index in [1.54, 1.807) is 0 Å². The van der Waals surface area contributed by atoms with Crippen LogP contribution in [0.1, 0.15) is 32.6 Å². The number of rotatable bonds is 3. The lowest BCUT2D eigenvalue weighted by Gasteiger charge is -2.21. The van der Waals surface area contributed by atoms with Gasteiger partial charge in [0, 0.05) is 6.04 Å². The third-order valence-corrected chi connectivity index (χ3v) is 2.87. The minimum atomic E-state index is -0.00750. The van der Waals surface area contributed by atoms with Gasteiger partial charge in [-0.2, -0.15) is 0 Å². The number of nitrogens with zero attached hydrogens (tertiary/aromatic N) is 1. The summed E-state index contributed by atoms with van der Waals surface area (Å²) in [6, 6.07) is 0.768. The zero-order valence-electron chi connectivity index (χ0n) is 8.16. The van der Waals surface area contributed by atoms with Crippen molar-refractivity contribution < 1.29 is 9.53 Å². The van der Waals surface area contributed by atoms with Crippen LogP contribution >= 0.6 is 0 Å². The van der Waals surface area contributed by atoms with Crippen molar-refractivity contribution in [2.24, 2.45) is 0 Å². The van der Waals surface area contributed by atoms with Crippen molar-refractivity contribution in [3.05, 3.63) is 0 Å². The Bertz CT molecular complexity index is 201. The summed E-state index contributed by atoms with van der Waals surface area (Å²) >= 11 is 0. The van der Waals surface area contributed by atoms with E-state index in [1.165, 1.54) is 12.8 Å². The Morgan fingerprint density at radius 2 is 2.23 bits per heavy atom. The van der Waals surface area contributed by atoms with Gasteiger partial charge in [0.1, 0.15) is 6.04 Å². The highest BCUT2D eigenvalue weighted by Crippen LogP contribution is 2.33. The smallest absolute Gasteiger partial charge is 0.323 e. The summed E-state index contributed by atoms with van der Waals surface area (Å²) in [6.07, 6.45) is 4.70. The van der Waals surface area contributed by atoms with Crippen LogP contribution in [-0.4, -0.2) is 36.1 Å². The van der Waals surface area contributed by atoms with Crippen molar-refractivity contribution in [1.82, 2.24) is 4.90 Å². The van der Waals surface area contributed by atoms with Gasteiger partial charge in [0.25, 0.3) is 0 Å². The fraction of sp³-hybridized carbons (Fsp3) is 0.900. The van der Waals surface area contributed by atoms with Crippen LogP contribution in [0.15, 0.2) is 0 Å². The van der Waals surface area contributed by atoms with Crippen molar-refractivity contribution in [2.75, 3.05) is 13.2 Å². The molecular formula is C10H17NO2. The summed E-state index contributed by atoms with van der Waals surface area (Å²) in [6.45, 7) is 3.47. The first-order chi connectivity index (χ1) is 6.33. The molecule has 1 saturated heterocycles. The minimum absolute atomic E-state index is 0.00750. The second kappa shape index (κ2) is 3.66. The zero-order chi connectivity index (χ0) is 9.26. The Kier molecular flexibility index (Phi) is 2.54. The number of hydrogen-bond donors (Lipinski definition) is 0. The number of hydrogen-bond acceptors (Lipinski definition) is 3. The molecule has 1 atom stereocenters. The molecule has 0 radical (unpaired) electrons. The van der Waals surface area contributed by atoms with Gasteiger partial charge < -0.3 is 4.74 Å². The van der Waals surface area contributed by atoms with Crippen LogP contribution in [0.4, 0.5) is 0 Å². The molecule has 1 heterocycles. The molecule has 0 aromatic heterocycles. The normalized spacial score (nSPS) is 29.2. The molecule has 3 heteroatoms. The Morgan fingerprint density at radius 3 is 2.85 bits per heavy atom. The van der Waals surface area contributed by atoms with Gasteiger partial charge in [0.2, 0.25) is 0 Å². The lowest BCUT2D eigenvalue weighted by molar-refractivity contribution is -0.148. The minimum Gasteiger partial charge on any atom is -0.465 e. The number of carbonyl (C=O) groups excluding carboxylic acids is 1. The molecule has 2 fully saturated rings. The highest BCUT2D eigenvalue weighted by molar-refractivity contribution is 5.76. The molecule has 2 rings (SSSR count). The van der Waals surface area contributed by atoms with E-state index in [9.17, 15) is 4.79 Å². The molecule has 0 bridgehead atoms. The van der Waals surface area contributed by atoms with E-state index in [1.807, 2.05) is 6.92 Å². The first-order valence-electron chi connectivity index (χ1n) is 5.25. The van der Waals surface area contributed by atoms with Crippen molar-refractivity contribution >= 4 is 5.97 Å². The lowest BCUT2D eigenvalue weighted by atomic mass is 10.2. The molecule has 1 aliphatic heterocycles. The van der Waals surface area contributed by atoms with Gasteiger partial charge in [-0.3, -0.25) is 9.69 Å². The second-order valence-electron chi connectivity index (χ2n) is 3.88. The SMILES string of the molecule is CCOC(=O)C1CCCN1C1CC1. The Balaban J connectivity index is 1.92. The van der Waals surface area contributed by atoms with Gasteiger partial charge in [-0.15, -0.1) is 0 Å². The zero-order valence-corrected chi connectivity index (χ0v) is 8.16. The van der Waals surface area contributed by atoms with Crippen LogP contribution in [0.5, 0.6) is 0 Å². The molecule has 1 unspecified atom stereocenters. The highest BCUT2D eigenvalue weighted by Gasteiger charge is 2.40. The van der Waals surface area contributed by atoms with Gasteiger partial charge >= 0.3 is 5.97 Å². The van der Waals surface area contributed by atoms with Crippen molar-refractivity contribution in [2.45, 2.75) is 44.7 Å². The van der Waals surface area contributed by atoms with Gasteiger partial charge in [-0.25, -0.2) is 0 Å². The van der Waals surface area contributed by atoms with Crippen LogP contribution in [0.3, 0.4) is 0 Å². The summed E-state index contributed by atoms with van der Waals surface area (Å²) in [5, 5.41) is 0. The predicted molar refractivity (Wildman–Crippen MR) is 49.4 cm³/mol. The maximum atomic E-state index is 11.5. The van der Waals surface area contributed by atoms with Crippen LogP contribution in [0.25, 0.3) is 0 Å². The van der Waals surface area contributed by atoms with E-state index in [4.69, 9.17) is 4.74 Å². The van der Waals surface area contributed by atoms with Crippen LogP contribution in [0, 0.1) is 0 Å². The third kappa shape index (κ3) is 1.85. The van der Waals surface area contributed by atoms with E-state index in [0.29, 0.717) is 12.6 Å². The Morgan fingerprint density at radius 1 is 1.46 bits per heavy atom. The topological polar surface area (TPSA) is 29.5 Å². The van der Waals surface area contributed by atoms with Crippen molar-refractivity contribution in [3.8, 4) is 0 Å². The molecule has 13 heavy (non-hydrogen) atoms. The molecule has 0 amide bonds. The van der Waals surface area contributed by atoms with Crippen molar-refractivity contribution in [3.63, 3.8) is 0 Å². The number of ether oxygens (including phenoxy) is 1. The molecule has 1 aliphatic carbocycles. The quantitative estimate of drug-likeness (QED) is 0.615. The van der Waals surface area contributed by atoms with Gasteiger partial charge in [0.15, 0.2) is 0 Å². The Labute approximate surface area is 79.0 Å². The van der Waals surface area contributed by atoms with Crippen LogP contribution < -0.4 is 0 Å². The van der Waals surface area contributed by atoms with Gasteiger partial charge in [-0.05, 0) is 39.2 Å². The standard InChI is InChI=1S/C10H17NO2/c1-2-13-10(12)9-4-3-7-11(9)8-5-6-8/h8-9H,2-7H2,1H3. The fourth-order valence-electron chi connectivity index (χ4n) is 2.12. The Hall–Kier alpha value is -0.570. The van der Waals surface area contributed by atoms with E-state index in [2.05, 4.69) is 4.90 Å². The molecule has 0 N–H and O–H groups in total. The summed E-state index contributed by atoms with van der Waals surface area (Å²) in [4.78, 5) is 13.9. The summed E-state index contributed by atoms with van der Waals surface area (Å²) < 4.78 is 5.05. The average molecular weight is 183 g/mol. The summed E-state index contributed by atoms with van der Waals surface area (Å²) in [7, 11) is 0. The van der Waals surface area contributed by atoms with E-state index in [-0.39, 0.29) is 12.0 Å². The molecule has 0 aromatic rings. The molecule has 0 aromatic carbocycles. The maximum absolute atomic E-state index is 11.5. The fourth-order valence-corrected chi connectivity index (χ4v) is 2.12. The molecule has 74 valence electrons. The maximum Gasteiger partial charge on any atom is 0.323 e. The summed E-state index contributed by atoms with van der Waals surface area (Å²) in [5.41, 5.74) is 0. The predicted octanol–water partition coefficient (Wildman–Crippen LogP) is 1.18. The van der Waals surface area contributed by atoms with Crippen LogP contribution in [0.2, 0.25) is 0 Å². The molecule has 3 nitrogen and oxygen atoms in total.